The third-order valence-electron chi connectivity index (χ3n) is 3.13. The number of ether oxygens (including phenoxy) is 1. The number of carbonyl (C=O) groups excluding carboxylic acids is 1. The second kappa shape index (κ2) is 4.61. The van der Waals surface area contributed by atoms with Gasteiger partial charge in [0.15, 0.2) is 5.75 Å². The molecule has 3 rings (SSSR count). The van der Waals surface area contributed by atoms with E-state index in [2.05, 4.69) is 4.98 Å². The molecule has 2 aromatic carbocycles. The van der Waals surface area contributed by atoms with E-state index < -0.39 is 0 Å². The van der Waals surface area contributed by atoms with Gasteiger partial charge in [0.2, 0.25) is 5.78 Å². The maximum Gasteiger partial charge on any atom is 0.213 e. The molecular weight excluding hydrogens is 238 g/mol. The Morgan fingerprint density at radius 3 is 2.42 bits per heavy atom. The first-order valence-electron chi connectivity index (χ1n) is 6.05. The van der Waals surface area contributed by atoms with Crippen molar-refractivity contribution < 1.29 is 9.53 Å². The minimum Gasteiger partial charge on any atom is -0.494 e. The van der Waals surface area contributed by atoms with Gasteiger partial charge in [-0.1, -0.05) is 42.5 Å². The number of hydrogen-bond acceptors (Lipinski definition) is 2. The minimum atomic E-state index is -0.0614. The summed E-state index contributed by atoms with van der Waals surface area (Å²) in [5.41, 5.74) is 2.04. The fraction of sp³-hybridized carbons (Fsp3) is 0.0625. The van der Waals surface area contributed by atoms with Crippen LogP contribution in [-0.2, 0) is 0 Å². The van der Waals surface area contributed by atoms with Crippen LogP contribution in [0.1, 0.15) is 16.1 Å². The van der Waals surface area contributed by atoms with Crippen LogP contribution in [0.15, 0.2) is 54.6 Å². The molecule has 0 spiro atoms. The number of fused-ring (bicyclic) bond motifs is 1. The second-order valence-electron chi connectivity index (χ2n) is 4.27. The summed E-state index contributed by atoms with van der Waals surface area (Å²) in [7, 11) is 1.58. The van der Waals surface area contributed by atoms with Crippen molar-refractivity contribution in [2.75, 3.05) is 7.11 Å². The predicted octanol–water partition coefficient (Wildman–Crippen LogP) is 3.41. The molecule has 1 heterocycles. The Balaban J connectivity index is 2.17. The first kappa shape index (κ1) is 11.5. The van der Waals surface area contributed by atoms with Crippen LogP contribution in [0.3, 0.4) is 0 Å². The third kappa shape index (κ3) is 1.89. The van der Waals surface area contributed by atoms with Crippen molar-refractivity contribution in [2.24, 2.45) is 0 Å². The number of carbonyl (C=O) groups is 1. The van der Waals surface area contributed by atoms with Gasteiger partial charge in [0.1, 0.15) is 5.69 Å². The number of benzene rings is 2. The molecule has 0 atom stereocenters. The van der Waals surface area contributed by atoms with Crippen LogP contribution in [-0.4, -0.2) is 17.9 Å². The molecule has 0 bridgehead atoms. The maximum absolute atomic E-state index is 12.5. The highest BCUT2D eigenvalue weighted by Crippen LogP contribution is 2.31. The second-order valence-corrected chi connectivity index (χ2v) is 4.27. The summed E-state index contributed by atoms with van der Waals surface area (Å²) in [5, 5.41) is 0.921. The lowest BCUT2D eigenvalue weighted by Gasteiger charge is -2.02. The van der Waals surface area contributed by atoms with E-state index in [0.29, 0.717) is 17.0 Å². The van der Waals surface area contributed by atoms with Crippen LogP contribution in [0.2, 0.25) is 0 Å². The van der Waals surface area contributed by atoms with Crippen molar-refractivity contribution in [2.45, 2.75) is 0 Å². The maximum atomic E-state index is 12.5. The topological polar surface area (TPSA) is 42.1 Å². The molecule has 0 aliphatic rings. The van der Waals surface area contributed by atoms with E-state index in [1.54, 1.807) is 19.2 Å². The fourth-order valence-electron chi connectivity index (χ4n) is 2.22. The first-order valence-corrected chi connectivity index (χ1v) is 6.05. The van der Waals surface area contributed by atoms with Gasteiger partial charge >= 0.3 is 0 Å². The van der Waals surface area contributed by atoms with Crippen LogP contribution in [0.4, 0.5) is 0 Å². The number of aromatic amines is 1. The third-order valence-corrected chi connectivity index (χ3v) is 3.13. The van der Waals surface area contributed by atoms with Crippen LogP contribution >= 0.6 is 0 Å². The standard InChI is InChI=1S/C16H13NO2/c1-19-16-12-9-5-6-10-13(12)17-14(16)15(18)11-7-3-2-4-8-11/h2-10,17H,1H3. The molecule has 0 saturated heterocycles. The van der Waals surface area contributed by atoms with Gasteiger partial charge in [0.25, 0.3) is 0 Å². The molecule has 1 aromatic heterocycles. The van der Waals surface area contributed by atoms with Gasteiger partial charge in [-0.3, -0.25) is 4.79 Å². The lowest BCUT2D eigenvalue weighted by atomic mass is 10.1. The SMILES string of the molecule is COc1c(C(=O)c2ccccc2)[nH]c2ccccc12. The number of hydrogen-bond donors (Lipinski definition) is 1. The molecule has 3 nitrogen and oxygen atoms in total. The number of nitrogens with one attached hydrogen (secondary N) is 1. The smallest absolute Gasteiger partial charge is 0.213 e. The Labute approximate surface area is 110 Å². The van der Waals surface area contributed by atoms with Gasteiger partial charge in [-0.2, -0.15) is 0 Å². The van der Waals surface area contributed by atoms with E-state index in [9.17, 15) is 4.79 Å². The van der Waals surface area contributed by atoms with Crippen molar-refractivity contribution in [3.63, 3.8) is 0 Å². The Morgan fingerprint density at radius 2 is 1.68 bits per heavy atom. The van der Waals surface area contributed by atoms with Crippen molar-refractivity contribution in [3.8, 4) is 5.75 Å². The quantitative estimate of drug-likeness (QED) is 0.725. The highest BCUT2D eigenvalue weighted by molar-refractivity contribution is 6.13. The summed E-state index contributed by atoms with van der Waals surface area (Å²) < 4.78 is 5.39. The molecule has 0 aliphatic heterocycles. The summed E-state index contributed by atoms with van der Waals surface area (Å²) >= 11 is 0. The van der Waals surface area contributed by atoms with Gasteiger partial charge in [0, 0.05) is 16.5 Å². The van der Waals surface area contributed by atoms with Crippen LogP contribution < -0.4 is 4.74 Å². The minimum absolute atomic E-state index is 0.0614. The molecule has 94 valence electrons. The molecule has 3 aromatic rings. The monoisotopic (exact) mass is 251 g/mol. The van der Waals surface area contributed by atoms with Gasteiger partial charge in [-0.05, 0) is 12.1 Å². The van der Waals surface area contributed by atoms with Crippen molar-refractivity contribution in [3.05, 3.63) is 65.9 Å². The van der Waals surface area contributed by atoms with Gasteiger partial charge in [-0.15, -0.1) is 0 Å². The van der Waals surface area contributed by atoms with Crippen LogP contribution in [0.25, 0.3) is 10.9 Å². The summed E-state index contributed by atoms with van der Waals surface area (Å²) in [6.45, 7) is 0. The van der Waals surface area contributed by atoms with E-state index in [1.165, 1.54) is 0 Å². The van der Waals surface area contributed by atoms with Crippen LogP contribution in [0.5, 0.6) is 5.75 Å². The molecule has 0 fully saturated rings. The predicted molar refractivity (Wildman–Crippen MR) is 74.7 cm³/mol. The lowest BCUT2D eigenvalue weighted by Crippen LogP contribution is -2.03. The highest BCUT2D eigenvalue weighted by Gasteiger charge is 2.19. The number of methoxy groups -OCH3 is 1. The number of aromatic nitrogens is 1. The van der Waals surface area contributed by atoms with Gasteiger partial charge in [0.05, 0.1) is 7.11 Å². The molecule has 1 N–H and O–H groups in total. The van der Waals surface area contributed by atoms with E-state index in [4.69, 9.17) is 4.74 Å². The Kier molecular flexibility index (Phi) is 2.80. The van der Waals surface area contributed by atoms with Crippen molar-refractivity contribution >= 4 is 16.7 Å². The van der Waals surface area contributed by atoms with E-state index in [0.717, 1.165) is 10.9 Å². The van der Waals surface area contributed by atoms with Crippen LogP contribution in [0, 0.1) is 0 Å². The van der Waals surface area contributed by atoms with Gasteiger partial charge < -0.3 is 9.72 Å². The Hall–Kier alpha value is -2.55. The lowest BCUT2D eigenvalue weighted by molar-refractivity contribution is 0.103. The Bertz CT molecular complexity index is 729. The average molecular weight is 251 g/mol. The zero-order chi connectivity index (χ0) is 13.2. The molecule has 0 saturated carbocycles. The van der Waals surface area contributed by atoms with E-state index in [1.807, 2.05) is 42.5 Å². The number of para-hydroxylation sites is 1. The zero-order valence-corrected chi connectivity index (χ0v) is 10.5. The Morgan fingerprint density at radius 1 is 1.00 bits per heavy atom. The molecule has 0 unspecified atom stereocenters. The molecule has 0 radical (unpaired) electrons. The first-order chi connectivity index (χ1) is 9.31. The fourth-order valence-corrected chi connectivity index (χ4v) is 2.22. The molecular formula is C16H13NO2. The average Bonchev–Trinajstić information content (AvgIpc) is 2.85. The summed E-state index contributed by atoms with van der Waals surface area (Å²) in [6, 6.07) is 16.9. The largest absolute Gasteiger partial charge is 0.494 e. The summed E-state index contributed by atoms with van der Waals surface area (Å²) in [5.74, 6) is 0.540. The summed E-state index contributed by atoms with van der Waals surface area (Å²) in [6.07, 6.45) is 0. The van der Waals surface area contributed by atoms with E-state index >= 15 is 0 Å². The number of rotatable bonds is 3. The normalized spacial score (nSPS) is 10.6. The molecule has 0 aliphatic carbocycles. The molecule has 3 heteroatoms. The summed E-state index contributed by atoms with van der Waals surface area (Å²) in [4.78, 5) is 15.6. The zero-order valence-electron chi connectivity index (χ0n) is 10.5. The van der Waals surface area contributed by atoms with Crippen molar-refractivity contribution in [1.82, 2.24) is 4.98 Å². The highest BCUT2D eigenvalue weighted by atomic mass is 16.5. The van der Waals surface area contributed by atoms with Gasteiger partial charge in [-0.25, -0.2) is 0 Å². The van der Waals surface area contributed by atoms with E-state index in [-0.39, 0.29) is 5.78 Å². The van der Waals surface area contributed by atoms with Crippen molar-refractivity contribution in [1.29, 1.82) is 0 Å². The molecule has 19 heavy (non-hydrogen) atoms. The number of H-pyrrole nitrogens is 1. The molecule has 0 amide bonds. The number of ketones is 1.